The Bertz CT molecular complexity index is 515. The second-order valence-electron chi connectivity index (χ2n) is 3.33. The fourth-order valence-electron chi connectivity index (χ4n) is 1.21. The van der Waals surface area contributed by atoms with E-state index in [1.165, 1.54) is 23.1 Å². The SMILES string of the molecule is CNc1nnc(SCC(=O)Nc2ccccc2)s1. The molecule has 0 aliphatic carbocycles. The highest BCUT2D eigenvalue weighted by Gasteiger charge is 2.07. The van der Waals surface area contributed by atoms with Crippen LogP contribution in [0.1, 0.15) is 0 Å². The number of anilines is 2. The normalized spacial score (nSPS) is 10.1. The number of para-hydroxylation sites is 1. The maximum absolute atomic E-state index is 11.7. The minimum absolute atomic E-state index is 0.0487. The van der Waals surface area contributed by atoms with Crippen LogP contribution < -0.4 is 10.6 Å². The van der Waals surface area contributed by atoms with Crippen LogP contribution in [0.25, 0.3) is 0 Å². The van der Waals surface area contributed by atoms with Crippen LogP contribution in [0.3, 0.4) is 0 Å². The Labute approximate surface area is 113 Å². The Morgan fingerprint density at radius 3 is 2.78 bits per heavy atom. The van der Waals surface area contributed by atoms with Crippen LogP contribution in [0.4, 0.5) is 10.8 Å². The Hall–Kier alpha value is -1.60. The fraction of sp³-hybridized carbons (Fsp3) is 0.182. The van der Waals surface area contributed by atoms with Crippen LogP contribution in [-0.4, -0.2) is 28.9 Å². The van der Waals surface area contributed by atoms with Crippen molar-refractivity contribution >= 4 is 39.8 Å². The summed E-state index contributed by atoms with van der Waals surface area (Å²) in [6.07, 6.45) is 0. The summed E-state index contributed by atoms with van der Waals surface area (Å²) >= 11 is 2.81. The predicted molar refractivity (Wildman–Crippen MR) is 75.3 cm³/mol. The van der Waals surface area contributed by atoms with Crippen LogP contribution in [-0.2, 0) is 4.79 Å². The largest absolute Gasteiger partial charge is 0.363 e. The molecule has 0 radical (unpaired) electrons. The molecule has 0 aliphatic heterocycles. The molecule has 0 spiro atoms. The first-order valence-electron chi connectivity index (χ1n) is 5.27. The zero-order valence-corrected chi connectivity index (χ0v) is 11.3. The molecule has 94 valence electrons. The lowest BCUT2D eigenvalue weighted by atomic mass is 10.3. The summed E-state index contributed by atoms with van der Waals surface area (Å²) in [5.41, 5.74) is 0.802. The van der Waals surface area contributed by atoms with Crippen molar-refractivity contribution in [3.05, 3.63) is 30.3 Å². The summed E-state index contributed by atoms with van der Waals surface area (Å²) in [5.74, 6) is 0.278. The van der Waals surface area contributed by atoms with Crippen molar-refractivity contribution in [2.45, 2.75) is 4.34 Å². The van der Waals surface area contributed by atoms with Crippen molar-refractivity contribution in [3.8, 4) is 0 Å². The van der Waals surface area contributed by atoms with E-state index >= 15 is 0 Å². The van der Waals surface area contributed by atoms with Crippen molar-refractivity contribution in [3.63, 3.8) is 0 Å². The maximum Gasteiger partial charge on any atom is 0.234 e. The average molecular weight is 280 g/mol. The molecule has 7 heteroatoms. The lowest BCUT2D eigenvalue weighted by Gasteiger charge is -2.02. The van der Waals surface area contributed by atoms with Crippen LogP contribution >= 0.6 is 23.1 Å². The minimum Gasteiger partial charge on any atom is -0.363 e. The first-order chi connectivity index (χ1) is 8.78. The molecule has 1 aromatic heterocycles. The van der Waals surface area contributed by atoms with Gasteiger partial charge in [0.25, 0.3) is 0 Å². The van der Waals surface area contributed by atoms with Gasteiger partial charge in [0.2, 0.25) is 11.0 Å². The standard InChI is InChI=1S/C11H12N4OS2/c1-12-10-14-15-11(18-10)17-7-9(16)13-8-5-3-2-4-6-8/h2-6H,7H2,1H3,(H,12,14)(H,13,16). The number of benzene rings is 1. The number of nitrogens with one attached hydrogen (secondary N) is 2. The van der Waals surface area contributed by atoms with Gasteiger partial charge in [0, 0.05) is 12.7 Å². The van der Waals surface area contributed by atoms with Gasteiger partial charge in [-0.1, -0.05) is 41.3 Å². The number of nitrogens with zero attached hydrogens (tertiary/aromatic N) is 2. The fourth-order valence-corrected chi connectivity index (χ4v) is 2.72. The molecule has 0 saturated carbocycles. The molecule has 2 aromatic rings. The summed E-state index contributed by atoms with van der Waals surface area (Å²) in [5, 5.41) is 14.3. The first-order valence-corrected chi connectivity index (χ1v) is 7.07. The monoisotopic (exact) mass is 280 g/mol. The van der Waals surface area contributed by atoms with Gasteiger partial charge >= 0.3 is 0 Å². The first kappa shape index (κ1) is 12.8. The van der Waals surface area contributed by atoms with Crippen molar-refractivity contribution in [1.29, 1.82) is 0 Å². The van der Waals surface area contributed by atoms with Gasteiger partial charge in [-0.2, -0.15) is 0 Å². The highest BCUT2D eigenvalue weighted by atomic mass is 32.2. The molecule has 5 nitrogen and oxygen atoms in total. The Morgan fingerprint density at radius 2 is 2.11 bits per heavy atom. The number of thioether (sulfide) groups is 1. The number of hydrogen-bond donors (Lipinski definition) is 2. The zero-order chi connectivity index (χ0) is 12.8. The van der Waals surface area contributed by atoms with Gasteiger partial charge in [-0.3, -0.25) is 4.79 Å². The van der Waals surface area contributed by atoms with Crippen LogP contribution in [0.15, 0.2) is 34.7 Å². The van der Waals surface area contributed by atoms with Gasteiger partial charge < -0.3 is 10.6 Å². The van der Waals surface area contributed by atoms with Crippen molar-refractivity contribution in [2.24, 2.45) is 0 Å². The van der Waals surface area contributed by atoms with E-state index < -0.39 is 0 Å². The van der Waals surface area contributed by atoms with Gasteiger partial charge in [-0.05, 0) is 12.1 Å². The summed E-state index contributed by atoms with van der Waals surface area (Å²) in [7, 11) is 1.79. The molecule has 2 N–H and O–H groups in total. The van der Waals surface area contributed by atoms with Gasteiger partial charge in [0.1, 0.15) is 0 Å². The van der Waals surface area contributed by atoms with Crippen LogP contribution in [0, 0.1) is 0 Å². The molecule has 0 atom stereocenters. The Kier molecular flexibility index (Phi) is 4.54. The minimum atomic E-state index is -0.0487. The highest BCUT2D eigenvalue weighted by Crippen LogP contribution is 2.24. The van der Waals surface area contributed by atoms with Gasteiger partial charge in [-0.15, -0.1) is 10.2 Å². The van der Waals surface area contributed by atoms with E-state index in [-0.39, 0.29) is 5.91 Å². The lowest BCUT2D eigenvalue weighted by Crippen LogP contribution is -2.13. The zero-order valence-electron chi connectivity index (χ0n) is 9.71. The van der Waals surface area contributed by atoms with Crippen molar-refractivity contribution in [1.82, 2.24) is 10.2 Å². The molecule has 2 rings (SSSR count). The summed E-state index contributed by atoms with van der Waals surface area (Å²) in [6.45, 7) is 0. The summed E-state index contributed by atoms with van der Waals surface area (Å²) < 4.78 is 0.780. The molecule has 0 fully saturated rings. The van der Waals surface area contributed by atoms with Gasteiger partial charge in [0.05, 0.1) is 5.75 Å². The smallest absolute Gasteiger partial charge is 0.234 e. The molecule has 0 unspecified atom stereocenters. The van der Waals surface area contributed by atoms with Crippen LogP contribution in [0.5, 0.6) is 0 Å². The van der Waals surface area contributed by atoms with Crippen LogP contribution in [0.2, 0.25) is 0 Å². The number of hydrogen-bond acceptors (Lipinski definition) is 6. The Balaban J connectivity index is 1.81. The Morgan fingerprint density at radius 1 is 1.33 bits per heavy atom. The van der Waals surface area contributed by atoms with E-state index in [2.05, 4.69) is 20.8 Å². The van der Waals surface area contributed by atoms with Gasteiger partial charge in [-0.25, -0.2) is 0 Å². The molecule has 1 amide bonds. The van der Waals surface area contributed by atoms with E-state index in [0.29, 0.717) is 5.75 Å². The molecule has 0 saturated heterocycles. The molecular formula is C11H12N4OS2. The van der Waals surface area contributed by atoms with E-state index in [9.17, 15) is 4.79 Å². The molecule has 0 bridgehead atoms. The second kappa shape index (κ2) is 6.36. The second-order valence-corrected chi connectivity index (χ2v) is 5.53. The van der Waals surface area contributed by atoms with E-state index in [4.69, 9.17) is 0 Å². The lowest BCUT2D eigenvalue weighted by molar-refractivity contribution is -0.113. The molecule has 1 aromatic carbocycles. The molecule has 1 heterocycles. The average Bonchev–Trinajstić information content (AvgIpc) is 2.85. The highest BCUT2D eigenvalue weighted by molar-refractivity contribution is 8.01. The molecule has 18 heavy (non-hydrogen) atoms. The number of carbonyl (C=O) groups excluding carboxylic acids is 1. The summed E-state index contributed by atoms with van der Waals surface area (Å²) in [4.78, 5) is 11.7. The van der Waals surface area contributed by atoms with E-state index in [1.54, 1.807) is 7.05 Å². The third kappa shape index (κ3) is 3.71. The third-order valence-corrected chi connectivity index (χ3v) is 4.08. The maximum atomic E-state index is 11.7. The van der Waals surface area contributed by atoms with E-state index in [1.807, 2.05) is 30.3 Å². The number of rotatable bonds is 5. The molecular weight excluding hydrogens is 268 g/mol. The van der Waals surface area contributed by atoms with Gasteiger partial charge in [0.15, 0.2) is 4.34 Å². The van der Waals surface area contributed by atoms with Crippen molar-refractivity contribution < 1.29 is 4.79 Å². The third-order valence-electron chi connectivity index (χ3n) is 2.00. The number of amides is 1. The topological polar surface area (TPSA) is 66.9 Å². The number of carbonyl (C=O) groups is 1. The summed E-state index contributed by atoms with van der Waals surface area (Å²) in [6, 6.07) is 9.38. The molecule has 0 aliphatic rings. The number of aromatic nitrogens is 2. The van der Waals surface area contributed by atoms with E-state index in [0.717, 1.165) is 15.2 Å². The predicted octanol–water partition coefficient (Wildman–Crippen LogP) is 2.31. The van der Waals surface area contributed by atoms with Crippen molar-refractivity contribution in [2.75, 3.05) is 23.4 Å². The quantitative estimate of drug-likeness (QED) is 0.823.